The predicted molar refractivity (Wildman–Crippen MR) is 50.6 cm³/mol. The van der Waals surface area contributed by atoms with Gasteiger partial charge in [-0.1, -0.05) is 16.6 Å². The first-order chi connectivity index (χ1) is 7.25. The number of hydrogen-bond acceptors (Lipinski definition) is 7. The third kappa shape index (κ3) is 2.26. The maximum Gasteiger partial charge on any atom is 0.347 e. The van der Waals surface area contributed by atoms with E-state index in [4.69, 9.17) is 5.11 Å². The van der Waals surface area contributed by atoms with E-state index < -0.39 is 5.97 Å². The van der Waals surface area contributed by atoms with E-state index in [1.807, 2.05) is 0 Å². The van der Waals surface area contributed by atoms with E-state index in [1.54, 1.807) is 0 Å². The molecule has 0 unspecified atom stereocenters. The number of tetrazole rings is 1. The molecule has 0 fully saturated rings. The van der Waals surface area contributed by atoms with Crippen molar-refractivity contribution in [3.05, 3.63) is 16.9 Å². The summed E-state index contributed by atoms with van der Waals surface area (Å²) >= 11 is 1.05. The van der Waals surface area contributed by atoms with Gasteiger partial charge in [-0.2, -0.15) is 5.21 Å². The van der Waals surface area contributed by atoms with Crippen LogP contribution in [0.2, 0.25) is 0 Å². The number of aromatic amines is 1. The number of carboxylic acids is 1. The average molecular weight is 226 g/mol. The van der Waals surface area contributed by atoms with Gasteiger partial charge in [-0.05, 0) is 0 Å². The molecule has 2 aromatic heterocycles. The van der Waals surface area contributed by atoms with Gasteiger partial charge in [0, 0.05) is 0 Å². The summed E-state index contributed by atoms with van der Waals surface area (Å²) in [5.74, 6) is -0.498. The Bertz CT molecular complexity index is 452. The predicted octanol–water partition coefficient (Wildman–Crippen LogP) is -0.0335. The van der Waals surface area contributed by atoms with Crippen molar-refractivity contribution in [3.63, 3.8) is 0 Å². The Morgan fingerprint density at radius 3 is 3.13 bits per heavy atom. The molecule has 0 aliphatic rings. The molecule has 0 aliphatic carbocycles. The van der Waals surface area contributed by atoms with Gasteiger partial charge in [-0.15, -0.1) is 10.2 Å². The number of anilines is 1. The van der Waals surface area contributed by atoms with Gasteiger partial charge in [0.2, 0.25) is 0 Å². The van der Waals surface area contributed by atoms with Crippen LogP contribution >= 0.6 is 11.3 Å². The van der Waals surface area contributed by atoms with Gasteiger partial charge in [0.1, 0.15) is 4.88 Å². The smallest absolute Gasteiger partial charge is 0.347 e. The zero-order chi connectivity index (χ0) is 10.7. The van der Waals surface area contributed by atoms with Crippen molar-refractivity contribution in [3.8, 4) is 0 Å². The minimum atomic E-state index is -0.986. The highest BCUT2D eigenvalue weighted by atomic mass is 32.1. The monoisotopic (exact) mass is 226 g/mol. The molecule has 8 nitrogen and oxygen atoms in total. The fourth-order valence-electron chi connectivity index (χ4n) is 0.867. The van der Waals surface area contributed by atoms with Crippen LogP contribution in [0.15, 0.2) is 6.20 Å². The van der Waals surface area contributed by atoms with E-state index in [1.165, 1.54) is 6.20 Å². The van der Waals surface area contributed by atoms with E-state index in [9.17, 15) is 4.79 Å². The fraction of sp³-hybridized carbons (Fsp3) is 0.167. The van der Waals surface area contributed by atoms with Crippen LogP contribution in [0.4, 0.5) is 5.13 Å². The van der Waals surface area contributed by atoms with E-state index in [2.05, 4.69) is 30.9 Å². The number of carboxylic acid groups (broad SMARTS) is 1. The number of nitrogens with zero attached hydrogens (tertiary/aromatic N) is 4. The number of hydrogen-bond donors (Lipinski definition) is 3. The molecule has 0 aromatic carbocycles. The second-order valence-corrected chi connectivity index (χ2v) is 3.55. The van der Waals surface area contributed by atoms with Crippen LogP contribution in [-0.2, 0) is 6.54 Å². The lowest BCUT2D eigenvalue weighted by molar-refractivity contribution is 0.0702. The van der Waals surface area contributed by atoms with Crippen molar-refractivity contribution in [1.82, 2.24) is 25.6 Å². The molecule has 2 aromatic rings. The molecule has 2 heterocycles. The van der Waals surface area contributed by atoms with Gasteiger partial charge in [0.25, 0.3) is 0 Å². The Hall–Kier alpha value is -2.03. The first kappa shape index (κ1) is 9.52. The number of thiazole rings is 1. The van der Waals surface area contributed by atoms with E-state index >= 15 is 0 Å². The Kier molecular flexibility index (Phi) is 2.54. The number of rotatable bonds is 4. The summed E-state index contributed by atoms with van der Waals surface area (Å²) in [6, 6.07) is 0. The first-order valence-corrected chi connectivity index (χ1v) is 4.72. The van der Waals surface area contributed by atoms with Crippen LogP contribution in [0, 0.1) is 0 Å². The Morgan fingerprint density at radius 2 is 2.53 bits per heavy atom. The van der Waals surface area contributed by atoms with E-state index in [0.717, 1.165) is 11.3 Å². The normalized spacial score (nSPS) is 10.1. The van der Waals surface area contributed by atoms with Crippen molar-refractivity contribution in [2.75, 3.05) is 5.32 Å². The summed E-state index contributed by atoms with van der Waals surface area (Å²) < 4.78 is 0. The standard InChI is InChI=1S/C6H6N6O2S/c13-5(14)3-1-7-6(15-3)8-2-4-9-11-12-10-4/h1H,2H2,(H,7,8)(H,13,14)(H,9,10,11,12). The summed E-state index contributed by atoms with van der Waals surface area (Å²) in [6.45, 7) is 0.350. The van der Waals surface area contributed by atoms with Crippen LogP contribution in [0.1, 0.15) is 15.5 Å². The van der Waals surface area contributed by atoms with Crippen LogP contribution < -0.4 is 5.32 Å². The zero-order valence-electron chi connectivity index (χ0n) is 7.34. The largest absolute Gasteiger partial charge is 0.477 e. The molecule has 9 heteroatoms. The lowest BCUT2D eigenvalue weighted by atomic mass is 10.6. The molecule has 0 radical (unpaired) electrons. The molecule has 2 rings (SSSR count). The van der Waals surface area contributed by atoms with Crippen LogP contribution in [0.3, 0.4) is 0 Å². The molecule has 0 saturated heterocycles. The van der Waals surface area contributed by atoms with Crippen molar-refractivity contribution in [2.45, 2.75) is 6.54 Å². The van der Waals surface area contributed by atoms with E-state index in [0.29, 0.717) is 17.5 Å². The highest BCUT2D eigenvalue weighted by Crippen LogP contribution is 2.17. The Labute approximate surface area is 87.4 Å². The number of aromatic nitrogens is 5. The molecule has 0 saturated carbocycles. The second-order valence-electron chi connectivity index (χ2n) is 2.52. The average Bonchev–Trinajstić information content (AvgIpc) is 2.86. The van der Waals surface area contributed by atoms with Crippen molar-refractivity contribution in [1.29, 1.82) is 0 Å². The first-order valence-electron chi connectivity index (χ1n) is 3.91. The maximum atomic E-state index is 10.6. The molecule has 15 heavy (non-hydrogen) atoms. The molecule has 0 spiro atoms. The number of aromatic carboxylic acids is 1. The third-order valence-electron chi connectivity index (χ3n) is 1.50. The Morgan fingerprint density at radius 1 is 1.67 bits per heavy atom. The van der Waals surface area contributed by atoms with Crippen molar-refractivity contribution >= 4 is 22.4 Å². The number of H-pyrrole nitrogens is 1. The summed E-state index contributed by atoms with van der Waals surface area (Å²) in [7, 11) is 0. The molecule has 78 valence electrons. The summed E-state index contributed by atoms with van der Waals surface area (Å²) in [5, 5.41) is 25.2. The minimum Gasteiger partial charge on any atom is -0.477 e. The Balaban J connectivity index is 1.96. The molecule has 3 N–H and O–H groups in total. The minimum absolute atomic E-state index is 0.186. The van der Waals surface area contributed by atoms with Crippen molar-refractivity contribution in [2.24, 2.45) is 0 Å². The lowest BCUT2D eigenvalue weighted by Gasteiger charge is -1.95. The second kappa shape index (κ2) is 4.00. The van der Waals surface area contributed by atoms with Gasteiger partial charge < -0.3 is 10.4 Å². The van der Waals surface area contributed by atoms with Gasteiger partial charge in [0.05, 0.1) is 12.7 Å². The molecule has 0 amide bonds. The number of nitrogens with one attached hydrogen (secondary N) is 2. The molecule has 0 aliphatic heterocycles. The highest BCUT2D eigenvalue weighted by Gasteiger charge is 2.08. The van der Waals surface area contributed by atoms with Crippen LogP contribution in [0.25, 0.3) is 0 Å². The molecule has 0 bridgehead atoms. The van der Waals surface area contributed by atoms with Gasteiger partial charge >= 0.3 is 5.97 Å². The molecule has 0 atom stereocenters. The van der Waals surface area contributed by atoms with Crippen LogP contribution in [0.5, 0.6) is 0 Å². The molecular weight excluding hydrogens is 220 g/mol. The number of carbonyl (C=O) groups is 1. The topological polar surface area (TPSA) is 117 Å². The maximum absolute atomic E-state index is 10.6. The van der Waals surface area contributed by atoms with Gasteiger partial charge in [-0.25, -0.2) is 9.78 Å². The molecular formula is C6H6N6O2S. The van der Waals surface area contributed by atoms with Crippen molar-refractivity contribution < 1.29 is 9.90 Å². The quantitative estimate of drug-likeness (QED) is 0.669. The van der Waals surface area contributed by atoms with Gasteiger partial charge in [-0.3, -0.25) is 0 Å². The third-order valence-corrected chi connectivity index (χ3v) is 2.45. The summed E-state index contributed by atoms with van der Waals surface area (Å²) in [6.07, 6.45) is 1.30. The summed E-state index contributed by atoms with van der Waals surface area (Å²) in [4.78, 5) is 14.6. The summed E-state index contributed by atoms with van der Waals surface area (Å²) in [5.41, 5.74) is 0. The lowest BCUT2D eigenvalue weighted by Crippen LogP contribution is -2.00. The van der Waals surface area contributed by atoms with E-state index in [-0.39, 0.29) is 4.88 Å². The zero-order valence-corrected chi connectivity index (χ0v) is 8.15. The van der Waals surface area contributed by atoms with Gasteiger partial charge in [0.15, 0.2) is 11.0 Å². The fourth-order valence-corrected chi connectivity index (χ4v) is 1.52. The SMILES string of the molecule is O=C(O)c1cnc(NCc2nn[nH]n2)s1. The highest BCUT2D eigenvalue weighted by molar-refractivity contribution is 7.17. The van der Waals surface area contributed by atoms with Crippen LogP contribution in [-0.4, -0.2) is 36.7 Å².